The second-order valence-electron chi connectivity index (χ2n) is 20.7. The molecule has 2 heterocycles. The lowest BCUT2D eigenvalue weighted by atomic mass is 9.92. The molecule has 414 valence electrons. The van der Waals surface area contributed by atoms with Crippen molar-refractivity contribution in [1.82, 2.24) is 15.5 Å². The van der Waals surface area contributed by atoms with Gasteiger partial charge in [-0.1, -0.05) is 68.1 Å². The number of unbranched alkanes of at least 4 members (excludes halogenated alkanes) is 2. The number of alkyl halides is 1. The summed E-state index contributed by atoms with van der Waals surface area (Å²) in [6.45, 7) is 15.8. The van der Waals surface area contributed by atoms with E-state index in [1.807, 2.05) is 24.0 Å². The predicted molar refractivity (Wildman–Crippen MR) is 296 cm³/mol. The fourth-order valence-corrected chi connectivity index (χ4v) is 10.1. The molecular weight excluding hydrogens is 1000 g/mol. The minimum atomic E-state index is -0.847. The maximum atomic E-state index is 14.3. The van der Waals surface area contributed by atoms with Crippen LogP contribution >= 0.6 is 11.6 Å². The number of rotatable bonds is 26. The molecule has 0 aliphatic carbocycles. The molecule has 77 heavy (non-hydrogen) atoms. The first-order valence-electron chi connectivity index (χ1n) is 26.8. The normalized spacial score (nSPS) is 15.3. The highest BCUT2D eigenvalue weighted by Gasteiger charge is 2.35. The highest BCUT2D eigenvalue weighted by Crippen LogP contribution is 2.44. The number of alkyl carbamates (subject to hydrolysis) is 2. The molecule has 2 N–H and O–H groups in total. The standard InChI is InChI=1S/C60H75ClN4O12/c1-8-28-74-59(72)63-50(20-12-14-26-62-58(71)77-60(5,6)7)52(67)31-41-22-24-42(25-23-41)37-76-55(69)34-44-33-53(39(3)30-49(44)57(70)64-27-16-17-46(64)38-75-40(4)66)73-29-15-13-21-54(68)65-36-45(35-61)56-48-19-11-10-18-47(48)43(9-2)32-51(56)65/h8,10-11,18-19,22-25,30,32-33,45-46,50H,1,9,12-17,20-21,26-29,31,34-38H2,2-7H3,(H,62,71)(H,63,72)/t45-,46+,50+/m1/s1. The molecular formula is C60H75ClN4O12. The summed E-state index contributed by atoms with van der Waals surface area (Å²) in [6, 6.07) is 19.8. The Bertz CT molecular complexity index is 2760. The number of amides is 4. The first kappa shape index (κ1) is 59.3. The van der Waals surface area contributed by atoms with Crippen LogP contribution in [0.4, 0.5) is 15.3 Å². The van der Waals surface area contributed by atoms with Gasteiger partial charge in [-0.3, -0.25) is 24.0 Å². The number of benzene rings is 4. The number of ether oxygens (including phenoxy) is 5. The fraction of sp³-hybridized carbons (Fsp3) is 0.483. The zero-order valence-electron chi connectivity index (χ0n) is 45.5. The molecule has 6 rings (SSSR count). The van der Waals surface area contributed by atoms with Gasteiger partial charge in [-0.05, 0) is 141 Å². The van der Waals surface area contributed by atoms with Gasteiger partial charge in [0.2, 0.25) is 5.91 Å². The number of likely N-dealkylation sites (tertiary alicyclic amines) is 1. The number of esters is 2. The SMILES string of the molecule is C=CCOC(=O)N[C@@H](CCCCNC(=O)OC(C)(C)C)C(=O)Cc1ccc(COC(=O)Cc2cc(OCCCCC(=O)N3C[C@@H](CCl)c4c3cc(CC)c3ccccc43)c(C)cc2C(=O)N2CCC[C@H]2COC(C)=O)cc1. The van der Waals surface area contributed by atoms with Crippen molar-refractivity contribution >= 4 is 69.8 Å². The van der Waals surface area contributed by atoms with Crippen molar-refractivity contribution in [3.05, 3.63) is 118 Å². The summed E-state index contributed by atoms with van der Waals surface area (Å²) >= 11 is 6.49. The van der Waals surface area contributed by atoms with E-state index in [2.05, 4.69) is 42.3 Å². The maximum absolute atomic E-state index is 14.3. The molecule has 4 aromatic carbocycles. The van der Waals surface area contributed by atoms with Crippen LogP contribution in [0.2, 0.25) is 0 Å². The Labute approximate surface area is 457 Å². The Morgan fingerprint density at radius 2 is 1.61 bits per heavy atom. The Morgan fingerprint density at radius 1 is 0.870 bits per heavy atom. The smallest absolute Gasteiger partial charge is 0.408 e. The molecule has 0 radical (unpaired) electrons. The molecule has 0 aromatic heterocycles. The number of hydrogen-bond donors (Lipinski definition) is 2. The molecule has 3 atom stereocenters. The van der Waals surface area contributed by atoms with Gasteiger partial charge < -0.3 is 44.1 Å². The number of aryl methyl sites for hydroxylation is 2. The van der Waals surface area contributed by atoms with Gasteiger partial charge in [0.1, 0.15) is 31.2 Å². The molecule has 0 saturated carbocycles. The van der Waals surface area contributed by atoms with Crippen LogP contribution in [0.3, 0.4) is 0 Å². The van der Waals surface area contributed by atoms with E-state index in [1.54, 1.807) is 62.1 Å². The topological polar surface area (TPSA) is 196 Å². The van der Waals surface area contributed by atoms with Crippen LogP contribution in [0.1, 0.15) is 136 Å². The number of nitrogens with one attached hydrogen (secondary N) is 2. The second-order valence-corrected chi connectivity index (χ2v) is 21.0. The zero-order valence-corrected chi connectivity index (χ0v) is 46.2. The van der Waals surface area contributed by atoms with E-state index in [0.717, 1.165) is 29.5 Å². The fourth-order valence-electron chi connectivity index (χ4n) is 9.80. The molecule has 1 fully saturated rings. The second kappa shape index (κ2) is 28.4. The van der Waals surface area contributed by atoms with Crippen LogP contribution in [0.25, 0.3) is 10.8 Å². The van der Waals surface area contributed by atoms with Crippen molar-refractivity contribution in [3.8, 4) is 5.75 Å². The highest BCUT2D eigenvalue weighted by atomic mass is 35.5. The van der Waals surface area contributed by atoms with E-state index in [1.165, 1.54) is 23.9 Å². The van der Waals surface area contributed by atoms with Crippen molar-refractivity contribution in [2.24, 2.45) is 0 Å². The molecule has 4 aromatic rings. The number of hydrogen-bond acceptors (Lipinski definition) is 12. The lowest BCUT2D eigenvalue weighted by Crippen LogP contribution is -2.42. The van der Waals surface area contributed by atoms with Crippen LogP contribution < -0.4 is 20.3 Å². The Balaban J connectivity index is 1.07. The Hall–Kier alpha value is -6.94. The van der Waals surface area contributed by atoms with Crippen molar-refractivity contribution in [2.45, 2.75) is 142 Å². The third-order valence-corrected chi connectivity index (χ3v) is 14.0. The zero-order chi connectivity index (χ0) is 55.6. The summed E-state index contributed by atoms with van der Waals surface area (Å²) in [6.07, 6.45) is 5.02. The number of halogens is 1. The molecule has 17 heteroatoms. The third-order valence-electron chi connectivity index (χ3n) is 13.6. The van der Waals surface area contributed by atoms with Crippen LogP contribution in [0.15, 0.2) is 79.4 Å². The average Bonchev–Trinajstić information content (AvgIpc) is 4.04. The summed E-state index contributed by atoms with van der Waals surface area (Å²) in [4.78, 5) is 95.1. The van der Waals surface area contributed by atoms with Gasteiger partial charge in [-0.25, -0.2) is 9.59 Å². The van der Waals surface area contributed by atoms with Crippen molar-refractivity contribution in [2.75, 3.05) is 50.2 Å². The van der Waals surface area contributed by atoms with E-state index in [9.17, 15) is 33.6 Å². The van der Waals surface area contributed by atoms with Crippen molar-refractivity contribution in [1.29, 1.82) is 0 Å². The number of Topliss-reactive ketones (excluding diaryl/α,β-unsaturated/α-hetero) is 1. The minimum absolute atomic E-state index is 0.00874. The summed E-state index contributed by atoms with van der Waals surface area (Å²) in [5.74, 6) is -0.556. The molecule has 0 unspecified atom stereocenters. The van der Waals surface area contributed by atoms with Gasteiger partial charge >= 0.3 is 24.1 Å². The summed E-state index contributed by atoms with van der Waals surface area (Å²) < 4.78 is 27.7. The lowest BCUT2D eigenvalue weighted by Gasteiger charge is -2.26. The Kier molecular flexibility index (Phi) is 21.9. The molecule has 0 spiro atoms. The number of carbonyl (C=O) groups is 7. The van der Waals surface area contributed by atoms with E-state index < -0.39 is 35.8 Å². The van der Waals surface area contributed by atoms with E-state index in [-0.39, 0.29) is 62.2 Å². The number of fused-ring (bicyclic) bond motifs is 3. The largest absolute Gasteiger partial charge is 0.493 e. The number of carbonyl (C=O) groups excluding carboxylic acids is 7. The van der Waals surface area contributed by atoms with Gasteiger partial charge in [0, 0.05) is 62.4 Å². The highest BCUT2D eigenvalue weighted by molar-refractivity contribution is 6.19. The molecule has 4 amide bonds. The molecule has 2 aliphatic heterocycles. The predicted octanol–water partition coefficient (Wildman–Crippen LogP) is 10.2. The Morgan fingerprint density at radius 3 is 2.31 bits per heavy atom. The first-order valence-corrected chi connectivity index (χ1v) is 27.3. The average molecular weight is 1080 g/mol. The van der Waals surface area contributed by atoms with Crippen molar-refractivity contribution < 1.29 is 57.2 Å². The van der Waals surface area contributed by atoms with E-state index in [4.69, 9.17) is 35.3 Å². The van der Waals surface area contributed by atoms with Gasteiger partial charge in [0.25, 0.3) is 5.91 Å². The van der Waals surface area contributed by atoms with Crippen molar-refractivity contribution in [3.63, 3.8) is 0 Å². The van der Waals surface area contributed by atoms with E-state index >= 15 is 0 Å². The minimum Gasteiger partial charge on any atom is -0.493 e. The molecule has 2 aliphatic rings. The van der Waals surface area contributed by atoms with Gasteiger partial charge in [0.15, 0.2) is 5.78 Å². The monoisotopic (exact) mass is 1080 g/mol. The summed E-state index contributed by atoms with van der Waals surface area (Å²) in [5.41, 5.74) is 5.41. The van der Waals surface area contributed by atoms with Gasteiger partial charge in [-0.15, -0.1) is 11.6 Å². The van der Waals surface area contributed by atoms with E-state index in [0.29, 0.717) is 111 Å². The third kappa shape index (κ3) is 17.0. The summed E-state index contributed by atoms with van der Waals surface area (Å²) in [7, 11) is 0. The molecule has 0 bridgehead atoms. The van der Waals surface area contributed by atoms with Gasteiger partial charge in [-0.2, -0.15) is 0 Å². The van der Waals surface area contributed by atoms with Crippen LogP contribution in [0, 0.1) is 6.92 Å². The van der Waals surface area contributed by atoms with Crippen LogP contribution in [-0.2, 0) is 64.0 Å². The number of ketones is 1. The maximum Gasteiger partial charge on any atom is 0.408 e. The van der Waals surface area contributed by atoms with Gasteiger partial charge in [0.05, 0.1) is 25.1 Å². The molecule has 16 nitrogen and oxygen atoms in total. The number of anilines is 1. The van der Waals surface area contributed by atoms with Crippen LogP contribution in [0.5, 0.6) is 5.75 Å². The first-order chi connectivity index (χ1) is 36.9. The quantitative estimate of drug-likeness (QED) is 0.0199. The molecule has 1 saturated heterocycles. The number of nitrogens with zero attached hydrogens (tertiary/aromatic N) is 2. The lowest BCUT2D eigenvalue weighted by molar-refractivity contribution is -0.144. The van der Waals surface area contributed by atoms with Crippen LogP contribution in [-0.4, -0.2) is 110 Å². The summed E-state index contributed by atoms with van der Waals surface area (Å²) in [5, 5.41) is 7.70.